The van der Waals surface area contributed by atoms with E-state index in [0.717, 1.165) is 84.7 Å². The van der Waals surface area contributed by atoms with E-state index in [4.69, 9.17) is 8.83 Å². The zero-order valence-corrected chi connectivity index (χ0v) is 30.8. The van der Waals surface area contributed by atoms with Crippen LogP contribution in [-0.2, 0) is 6.42 Å². The highest BCUT2D eigenvalue weighted by molar-refractivity contribution is 6.19. The molecule has 262 valence electrons. The van der Waals surface area contributed by atoms with Crippen LogP contribution < -0.4 is 0 Å². The molecule has 3 heteroatoms. The molecular weight excluding hydrogens is 671 g/mol. The average Bonchev–Trinajstić information content (AvgIpc) is 3.89. The Bertz CT molecular complexity index is 3280. The van der Waals surface area contributed by atoms with Gasteiger partial charge in [-0.05, 0) is 89.2 Å². The first-order valence-corrected chi connectivity index (χ1v) is 19.2. The Kier molecular flexibility index (Phi) is 7.12. The van der Waals surface area contributed by atoms with Crippen LogP contribution in [0.2, 0.25) is 0 Å². The molecule has 3 nitrogen and oxygen atoms in total. The van der Waals surface area contributed by atoms with Crippen LogP contribution in [0.25, 0.3) is 105 Å². The first-order valence-electron chi connectivity index (χ1n) is 19.2. The van der Waals surface area contributed by atoms with Gasteiger partial charge in [-0.1, -0.05) is 129 Å². The molecule has 11 aromatic rings. The highest BCUT2D eigenvalue weighted by Gasteiger charge is 2.20. The van der Waals surface area contributed by atoms with E-state index in [0.29, 0.717) is 0 Å². The lowest BCUT2D eigenvalue weighted by Crippen LogP contribution is -1.93. The highest BCUT2D eigenvalue weighted by atomic mass is 16.3. The van der Waals surface area contributed by atoms with Crippen molar-refractivity contribution in [1.29, 1.82) is 0 Å². The maximum atomic E-state index is 6.78. The predicted molar refractivity (Wildman–Crippen MR) is 230 cm³/mol. The van der Waals surface area contributed by atoms with Gasteiger partial charge in [0.1, 0.15) is 22.3 Å². The lowest BCUT2D eigenvalue weighted by atomic mass is 9.90. The smallest absolute Gasteiger partial charge is 0.143 e. The second-order valence-corrected chi connectivity index (χ2v) is 14.8. The summed E-state index contributed by atoms with van der Waals surface area (Å²) in [7, 11) is 0. The number of hydrogen-bond acceptors (Lipinski definition) is 2. The Morgan fingerprint density at radius 1 is 0.436 bits per heavy atom. The number of aromatic nitrogens is 1. The van der Waals surface area contributed by atoms with Gasteiger partial charge in [0.2, 0.25) is 0 Å². The van der Waals surface area contributed by atoms with E-state index in [1.54, 1.807) is 0 Å². The summed E-state index contributed by atoms with van der Waals surface area (Å²) in [6.45, 7) is 4.45. The van der Waals surface area contributed by atoms with Gasteiger partial charge in [-0.15, -0.1) is 0 Å². The van der Waals surface area contributed by atoms with Crippen molar-refractivity contribution in [3.8, 4) is 39.1 Å². The minimum atomic E-state index is 0.822. The minimum Gasteiger partial charge on any atom is -0.455 e. The summed E-state index contributed by atoms with van der Waals surface area (Å²) in [5, 5.41) is 6.83. The van der Waals surface area contributed by atoms with E-state index in [2.05, 4.69) is 182 Å². The van der Waals surface area contributed by atoms with Crippen molar-refractivity contribution in [3.05, 3.63) is 175 Å². The molecule has 0 saturated carbocycles. The van der Waals surface area contributed by atoms with E-state index < -0.39 is 0 Å². The predicted octanol–water partition coefficient (Wildman–Crippen LogP) is 14.8. The van der Waals surface area contributed by atoms with Crippen molar-refractivity contribution in [2.24, 2.45) is 0 Å². The summed E-state index contributed by atoms with van der Waals surface area (Å²) in [5.74, 6) is 0. The molecule has 0 N–H and O–H groups in total. The maximum absolute atomic E-state index is 6.78. The Balaban J connectivity index is 1.05. The van der Waals surface area contributed by atoms with Crippen molar-refractivity contribution < 1.29 is 8.83 Å². The molecule has 55 heavy (non-hydrogen) atoms. The molecule has 0 bridgehead atoms. The molecule has 0 aliphatic heterocycles. The van der Waals surface area contributed by atoms with Crippen molar-refractivity contribution >= 4 is 65.7 Å². The number of benzene rings is 8. The topological polar surface area (TPSA) is 31.2 Å². The zero-order chi connectivity index (χ0) is 36.6. The van der Waals surface area contributed by atoms with Crippen LogP contribution in [0.4, 0.5) is 0 Å². The summed E-state index contributed by atoms with van der Waals surface area (Å²) < 4.78 is 15.9. The molecule has 3 aromatic heterocycles. The largest absolute Gasteiger partial charge is 0.455 e. The third-order valence-electron chi connectivity index (χ3n) is 11.5. The number of fused-ring (bicyclic) bond motifs is 9. The number of nitrogens with zero attached hydrogens (tertiary/aromatic N) is 1. The zero-order valence-electron chi connectivity index (χ0n) is 30.8. The maximum Gasteiger partial charge on any atom is 0.143 e. The molecule has 0 aliphatic carbocycles. The monoisotopic (exact) mass is 707 g/mol. The molecule has 0 fully saturated rings. The van der Waals surface area contributed by atoms with Crippen molar-refractivity contribution in [2.45, 2.75) is 26.7 Å². The molecule has 0 saturated heterocycles. The van der Waals surface area contributed by atoms with Gasteiger partial charge in [0.25, 0.3) is 0 Å². The van der Waals surface area contributed by atoms with E-state index in [9.17, 15) is 0 Å². The molecule has 3 heterocycles. The van der Waals surface area contributed by atoms with Crippen LogP contribution in [0.15, 0.2) is 173 Å². The fraction of sp³-hybridized carbons (Fsp3) is 0.0769. The second-order valence-electron chi connectivity index (χ2n) is 14.8. The van der Waals surface area contributed by atoms with E-state index in [1.165, 1.54) is 44.1 Å². The fourth-order valence-corrected chi connectivity index (χ4v) is 8.90. The summed E-state index contributed by atoms with van der Waals surface area (Å²) in [5.41, 5.74) is 16.7. The van der Waals surface area contributed by atoms with Gasteiger partial charge >= 0.3 is 0 Å². The molecule has 0 amide bonds. The summed E-state index contributed by atoms with van der Waals surface area (Å²) in [6, 6.07) is 59.0. The summed E-state index contributed by atoms with van der Waals surface area (Å²) in [4.78, 5) is 0. The van der Waals surface area contributed by atoms with Crippen molar-refractivity contribution in [3.63, 3.8) is 0 Å². The van der Waals surface area contributed by atoms with E-state index in [1.807, 2.05) is 0 Å². The Labute approximate surface area is 318 Å². The van der Waals surface area contributed by atoms with Gasteiger partial charge in [-0.3, -0.25) is 0 Å². The lowest BCUT2D eigenvalue weighted by Gasteiger charge is -2.14. The van der Waals surface area contributed by atoms with Gasteiger partial charge in [0, 0.05) is 55.2 Å². The third kappa shape index (κ3) is 4.90. The summed E-state index contributed by atoms with van der Waals surface area (Å²) >= 11 is 0. The highest BCUT2D eigenvalue weighted by Crippen LogP contribution is 2.43. The van der Waals surface area contributed by atoms with Crippen LogP contribution in [0.3, 0.4) is 0 Å². The van der Waals surface area contributed by atoms with Crippen LogP contribution in [0.5, 0.6) is 0 Å². The molecular formula is C52H37NO2. The Morgan fingerprint density at radius 3 is 1.76 bits per heavy atom. The molecule has 8 aromatic carbocycles. The number of aryl methyl sites for hydroxylation is 2. The molecule has 0 radical (unpaired) electrons. The average molecular weight is 708 g/mol. The first-order chi connectivity index (χ1) is 27.1. The Hall–Kier alpha value is -6.84. The van der Waals surface area contributed by atoms with E-state index >= 15 is 0 Å². The number of hydrogen-bond donors (Lipinski definition) is 0. The van der Waals surface area contributed by atoms with Crippen LogP contribution in [-0.4, -0.2) is 4.57 Å². The standard InChI is InChI=1S/C52H37NO2/c1-3-13-33-24-25-34(28-43(33)37-17-8-7-14-32(37)2)38-19-11-21-41-45-30-46-42-22-12-20-39(52(42)55-50(46)31-49(45)54-51(38)41)35-26-27-48-44(29-35)40-18-9-10-23-47(40)53(48)36-15-5-4-6-16-36/h4-12,14-31H,3,13H2,1-2H3. The van der Waals surface area contributed by atoms with Crippen molar-refractivity contribution in [1.82, 2.24) is 4.57 Å². The molecule has 11 rings (SSSR count). The number of furan rings is 2. The molecule has 0 atom stereocenters. The van der Waals surface area contributed by atoms with Gasteiger partial charge in [-0.2, -0.15) is 0 Å². The summed E-state index contributed by atoms with van der Waals surface area (Å²) in [6.07, 6.45) is 2.14. The first kappa shape index (κ1) is 31.7. The normalized spacial score (nSPS) is 12.0. The quantitative estimate of drug-likeness (QED) is 0.172. The van der Waals surface area contributed by atoms with Crippen LogP contribution in [0.1, 0.15) is 24.5 Å². The Morgan fingerprint density at radius 2 is 1.04 bits per heavy atom. The molecule has 0 aliphatic rings. The minimum absolute atomic E-state index is 0.822. The SMILES string of the molecule is CCCc1ccc(-c2cccc3c2oc2cc4oc5c(-c6ccc7c(c6)c6ccccc6n7-c6ccccc6)cccc5c4cc23)cc1-c1ccccc1C. The fourth-order valence-electron chi connectivity index (χ4n) is 8.90. The van der Waals surface area contributed by atoms with E-state index in [-0.39, 0.29) is 0 Å². The van der Waals surface area contributed by atoms with Crippen LogP contribution in [0, 0.1) is 6.92 Å². The molecule has 0 unspecified atom stereocenters. The lowest BCUT2D eigenvalue weighted by molar-refractivity contribution is 0.657. The third-order valence-corrected chi connectivity index (χ3v) is 11.5. The van der Waals surface area contributed by atoms with Gasteiger partial charge in [-0.25, -0.2) is 0 Å². The second kappa shape index (κ2) is 12.4. The molecule has 0 spiro atoms. The van der Waals surface area contributed by atoms with Crippen molar-refractivity contribution in [2.75, 3.05) is 0 Å². The van der Waals surface area contributed by atoms with Crippen LogP contribution >= 0.6 is 0 Å². The number of para-hydroxylation sites is 4. The van der Waals surface area contributed by atoms with Gasteiger partial charge in [0.15, 0.2) is 0 Å². The van der Waals surface area contributed by atoms with Gasteiger partial charge in [0.05, 0.1) is 11.0 Å². The number of rotatable bonds is 6. The van der Waals surface area contributed by atoms with Gasteiger partial charge < -0.3 is 13.4 Å².